The molecule has 1 atom stereocenters. The molecule has 1 aromatic heterocycles. The van der Waals surface area contributed by atoms with Crippen molar-refractivity contribution in [2.75, 3.05) is 42.7 Å². The van der Waals surface area contributed by atoms with E-state index in [2.05, 4.69) is 20.3 Å². The van der Waals surface area contributed by atoms with Crippen molar-refractivity contribution in [2.45, 2.75) is 26.9 Å². The highest BCUT2D eigenvalue weighted by Crippen LogP contribution is 2.11. The Morgan fingerprint density at radius 1 is 1.28 bits per heavy atom. The van der Waals surface area contributed by atoms with Crippen LogP contribution in [0.1, 0.15) is 20.8 Å². The topological polar surface area (TPSA) is 89.2 Å². The third kappa shape index (κ3) is 3.99. The summed E-state index contributed by atoms with van der Waals surface area (Å²) in [5.74, 6) is 1.30. The summed E-state index contributed by atoms with van der Waals surface area (Å²) >= 11 is 0. The van der Waals surface area contributed by atoms with Crippen LogP contribution in [-0.2, 0) is 4.74 Å². The molecule has 0 aliphatic carbocycles. The number of anilines is 3. The lowest BCUT2D eigenvalue weighted by atomic mass is 10.4. The first-order chi connectivity index (χ1) is 8.60. The molecule has 7 nitrogen and oxygen atoms in total. The first-order valence-corrected chi connectivity index (χ1v) is 6.13. The second-order valence-corrected chi connectivity index (χ2v) is 3.92. The number of nitrogen functional groups attached to an aromatic ring is 1. The van der Waals surface area contributed by atoms with Crippen LogP contribution in [0.2, 0.25) is 0 Å². The number of nitrogens with two attached hydrogens (primary N) is 1. The molecule has 7 heteroatoms. The molecule has 102 valence electrons. The number of nitrogens with one attached hydrogen (secondary N) is 1. The number of aromatic nitrogens is 3. The predicted octanol–water partition coefficient (Wildman–Crippen LogP) is 0.747. The normalized spacial score (nSPS) is 12.2. The number of ether oxygens (including phenoxy) is 1. The monoisotopic (exact) mass is 254 g/mol. The van der Waals surface area contributed by atoms with Gasteiger partial charge >= 0.3 is 0 Å². The van der Waals surface area contributed by atoms with Gasteiger partial charge in [0, 0.05) is 26.7 Å². The molecule has 0 spiro atoms. The molecule has 1 aromatic rings. The van der Waals surface area contributed by atoms with Gasteiger partial charge in [0.05, 0.1) is 6.10 Å². The van der Waals surface area contributed by atoms with Gasteiger partial charge in [0.15, 0.2) is 0 Å². The molecular weight excluding hydrogens is 232 g/mol. The van der Waals surface area contributed by atoms with E-state index in [-0.39, 0.29) is 12.1 Å². The summed E-state index contributed by atoms with van der Waals surface area (Å²) in [5, 5.41) is 3.09. The van der Waals surface area contributed by atoms with Gasteiger partial charge in [0.25, 0.3) is 0 Å². The van der Waals surface area contributed by atoms with E-state index in [0.29, 0.717) is 18.4 Å². The van der Waals surface area contributed by atoms with Crippen molar-refractivity contribution >= 4 is 17.8 Å². The highest BCUT2D eigenvalue weighted by Gasteiger charge is 2.10. The second kappa shape index (κ2) is 6.95. The lowest BCUT2D eigenvalue weighted by Crippen LogP contribution is -2.26. The highest BCUT2D eigenvalue weighted by molar-refractivity contribution is 5.41. The standard InChI is InChI=1S/C11H22N6O/c1-5-17(6-2)11-15-9(12)14-10(16-11)13-7-8(3)18-4/h8H,5-7H2,1-4H3,(H3,12,13,14,15,16). The van der Waals surface area contributed by atoms with Gasteiger partial charge in [-0.2, -0.15) is 15.0 Å². The van der Waals surface area contributed by atoms with Gasteiger partial charge in [-0.1, -0.05) is 0 Å². The average molecular weight is 254 g/mol. The quantitative estimate of drug-likeness (QED) is 0.742. The van der Waals surface area contributed by atoms with E-state index >= 15 is 0 Å². The van der Waals surface area contributed by atoms with E-state index < -0.39 is 0 Å². The van der Waals surface area contributed by atoms with Crippen LogP contribution in [0.5, 0.6) is 0 Å². The van der Waals surface area contributed by atoms with Crippen molar-refractivity contribution in [3.8, 4) is 0 Å². The fourth-order valence-corrected chi connectivity index (χ4v) is 1.43. The van der Waals surface area contributed by atoms with Gasteiger partial charge in [-0.25, -0.2) is 0 Å². The van der Waals surface area contributed by atoms with E-state index in [1.54, 1.807) is 7.11 Å². The van der Waals surface area contributed by atoms with Crippen molar-refractivity contribution in [1.82, 2.24) is 15.0 Å². The molecule has 1 rings (SSSR count). The molecule has 0 aliphatic heterocycles. The van der Waals surface area contributed by atoms with Gasteiger partial charge < -0.3 is 20.7 Å². The third-order valence-electron chi connectivity index (χ3n) is 2.64. The van der Waals surface area contributed by atoms with Crippen LogP contribution < -0.4 is 16.0 Å². The Morgan fingerprint density at radius 2 is 1.94 bits per heavy atom. The first kappa shape index (κ1) is 14.4. The molecule has 0 aliphatic rings. The lowest BCUT2D eigenvalue weighted by molar-refractivity contribution is 0.128. The highest BCUT2D eigenvalue weighted by atomic mass is 16.5. The minimum atomic E-state index is 0.0832. The lowest BCUT2D eigenvalue weighted by Gasteiger charge is -2.19. The second-order valence-electron chi connectivity index (χ2n) is 3.92. The number of hydrogen-bond acceptors (Lipinski definition) is 7. The van der Waals surface area contributed by atoms with Gasteiger partial charge in [-0.3, -0.25) is 0 Å². The van der Waals surface area contributed by atoms with Gasteiger partial charge in [0.1, 0.15) is 0 Å². The number of nitrogens with zero attached hydrogens (tertiary/aromatic N) is 4. The minimum absolute atomic E-state index is 0.0832. The van der Waals surface area contributed by atoms with Gasteiger partial charge in [-0.15, -0.1) is 0 Å². The molecule has 0 amide bonds. The summed E-state index contributed by atoms with van der Waals surface area (Å²) in [6, 6.07) is 0. The summed E-state index contributed by atoms with van der Waals surface area (Å²) in [6.45, 7) is 8.33. The third-order valence-corrected chi connectivity index (χ3v) is 2.64. The Balaban J connectivity index is 2.80. The Morgan fingerprint density at radius 3 is 2.50 bits per heavy atom. The van der Waals surface area contributed by atoms with Crippen LogP contribution >= 0.6 is 0 Å². The molecule has 0 radical (unpaired) electrons. The molecule has 1 unspecified atom stereocenters. The fourth-order valence-electron chi connectivity index (χ4n) is 1.43. The van der Waals surface area contributed by atoms with Crippen molar-refractivity contribution in [3.63, 3.8) is 0 Å². The smallest absolute Gasteiger partial charge is 0.231 e. The predicted molar refractivity (Wildman–Crippen MR) is 72.8 cm³/mol. The number of methoxy groups -OCH3 is 1. The van der Waals surface area contributed by atoms with Crippen LogP contribution in [0.15, 0.2) is 0 Å². The zero-order valence-corrected chi connectivity index (χ0v) is 11.5. The zero-order chi connectivity index (χ0) is 13.5. The zero-order valence-electron chi connectivity index (χ0n) is 11.5. The van der Waals surface area contributed by atoms with Crippen molar-refractivity contribution in [2.24, 2.45) is 0 Å². The molecule has 18 heavy (non-hydrogen) atoms. The average Bonchev–Trinajstić information content (AvgIpc) is 2.37. The summed E-state index contributed by atoms with van der Waals surface area (Å²) in [7, 11) is 1.66. The maximum Gasteiger partial charge on any atom is 0.231 e. The number of hydrogen-bond donors (Lipinski definition) is 2. The Hall–Kier alpha value is -1.63. The Kier molecular flexibility index (Phi) is 5.57. The molecule has 1 heterocycles. The Labute approximate surface area is 108 Å². The fraction of sp³-hybridized carbons (Fsp3) is 0.727. The Bertz CT molecular complexity index is 369. The molecule has 0 aromatic carbocycles. The van der Waals surface area contributed by atoms with E-state index in [9.17, 15) is 0 Å². The molecule has 0 saturated heterocycles. The molecule has 0 saturated carbocycles. The van der Waals surface area contributed by atoms with Crippen molar-refractivity contribution in [3.05, 3.63) is 0 Å². The van der Waals surface area contributed by atoms with Crippen molar-refractivity contribution in [1.29, 1.82) is 0 Å². The summed E-state index contributed by atoms with van der Waals surface area (Å²) < 4.78 is 5.15. The minimum Gasteiger partial charge on any atom is -0.380 e. The first-order valence-electron chi connectivity index (χ1n) is 6.13. The van der Waals surface area contributed by atoms with Crippen LogP contribution in [0.3, 0.4) is 0 Å². The van der Waals surface area contributed by atoms with E-state index in [1.807, 2.05) is 25.7 Å². The molecule has 0 bridgehead atoms. The van der Waals surface area contributed by atoms with Crippen LogP contribution in [0, 0.1) is 0 Å². The van der Waals surface area contributed by atoms with E-state index in [4.69, 9.17) is 10.5 Å². The molecule has 3 N–H and O–H groups in total. The summed E-state index contributed by atoms with van der Waals surface area (Å²) in [6.07, 6.45) is 0.0832. The van der Waals surface area contributed by atoms with Crippen LogP contribution in [-0.4, -0.2) is 47.8 Å². The maximum absolute atomic E-state index is 5.69. The molecule has 0 fully saturated rings. The van der Waals surface area contributed by atoms with Crippen LogP contribution in [0.25, 0.3) is 0 Å². The van der Waals surface area contributed by atoms with Crippen LogP contribution in [0.4, 0.5) is 17.8 Å². The summed E-state index contributed by atoms with van der Waals surface area (Å²) in [5.41, 5.74) is 5.69. The molecular formula is C11H22N6O. The number of rotatable bonds is 7. The van der Waals surface area contributed by atoms with Gasteiger partial charge in [0.2, 0.25) is 17.8 Å². The summed E-state index contributed by atoms with van der Waals surface area (Å²) in [4.78, 5) is 14.5. The van der Waals surface area contributed by atoms with E-state index in [0.717, 1.165) is 13.1 Å². The van der Waals surface area contributed by atoms with Crippen molar-refractivity contribution < 1.29 is 4.74 Å². The maximum atomic E-state index is 5.69. The largest absolute Gasteiger partial charge is 0.380 e. The van der Waals surface area contributed by atoms with E-state index in [1.165, 1.54) is 0 Å². The van der Waals surface area contributed by atoms with Gasteiger partial charge in [-0.05, 0) is 20.8 Å². The SMILES string of the molecule is CCN(CC)c1nc(N)nc(NCC(C)OC)n1.